The number of hydrogen-bond donors (Lipinski definition) is 1. The van der Waals surface area contributed by atoms with Crippen LogP contribution in [0.4, 0.5) is 0 Å². The zero-order valence-corrected chi connectivity index (χ0v) is 15.3. The van der Waals surface area contributed by atoms with Gasteiger partial charge in [0, 0.05) is 25.3 Å². The van der Waals surface area contributed by atoms with Crippen LogP contribution in [-0.2, 0) is 9.53 Å². The van der Waals surface area contributed by atoms with Crippen molar-refractivity contribution in [2.45, 2.75) is 11.7 Å². The van der Waals surface area contributed by atoms with Gasteiger partial charge in [0.05, 0.1) is 11.0 Å². The van der Waals surface area contributed by atoms with E-state index in [1.165, 1.54) is 5.56 Å². The maximum absolute atomic E-state index is 12.0. The Labute approximate surface area is 152 Å². The summed E-state index contributed by atoms with van der Waals surface area (Å²) in [5.74, 6) is 0.459. The lowest BCUT2D eigenvalue weighted by molar-refractivity contribution is -0.118. The molecule has 0 aliphatic carbocycles. The van der Waals surface area contributed by atoms with Crippen molar-refractivity contribution in [3.63, 3.8) is 0 Å². The number of thioether (sulfide) groups is 1. The van der Waals surface area contributed by atoms with Crippen molar-refractivity contribution in [3.05, 3.63) is 70.7 Å². The van der Waals surface area contributed by atoms with Gasteiger partial charge in [-0.3, -0.25) is 4.79 Å². The molecule has 0 aromatic heterocycles. The lowest BCUT2D eigenvalue weighted by atomic mass is 10.0. The van der Waals surface area contributed by atoms with Gasteiger partial charge >= 0.3 is 0 Å². The molecule has 0 saturated carbocycles. The van der Waals surface area contributed by atoms with E-state index in [1.54, 1.807) is 18.9 Å². The molecule has 0 spiro atoms. The molecule has 24 heavy (non-hydrogen) atoms. The highest BCUT2D eigenvalue weighted by Crippen LogP contribution is 2.35. The number of benzene rings is 2. The van der Waals surface area contributed by atoms with Gasteiger partial charge < -0.3 is 10.1 Å². The largest absolute Gasteiger partial charge is 0.385 e. The number of nitrogens with one attached hydrogen (secondary N) is 1. The Kier molecular flexibility index (Phi) is 8.16. The molecular formula is C19H22ClNO2S. The topological polar surface area (TPSA) is 38.3 Å². The van der Waals surface area contributed by atoms with Crippen molar-refractivity contribution < 1.29 is 9.53 Å². The summed E-state index contributed by atoms with van der Waals surface area (Å²) in [7, 11) is 1.66. The molecule has 1 atom stereocenters. The predicted octanol–water partition coefficient (Wildman–Crippen LogP) is 4.32. The van der Waals surface area contributed by atoms with Crippen molar-refractivity contribution in [2.75, 3.05) is 26.0 Å². The summed E-state index contributed by atoms with van der Waals surface area (Å²) < 4.78 is 4.98. The number of amides is 1. The minimum atomic E-state index is 0.0472. The molecule has 0 heterocycles. The van der Waals surface area contributed by atoms with Crippen molar-refractivity contribution in [1.82, 2.24) is 5.32 Å². The first-order chi connectivity index (χ1) is 11.7. The monoisotopic (exact) mass is 363 g/mol. The molecule has 0 radical (unpaired) electrons. The highest BCUT2D eigenvalue weighted by atomic mass is 35.5. The number of halogens is 1. The molecule has 0 saturated heterocycles. The standard InChI is InChI=1S/C19H22ClNO2S/c1-23-13-5-12-21-18(22)14-24-19(15-6-3-2-4-7-15)16-8-10-17(20)11-9-16/h2-4,6-11,19H,5,12-14H2,1H3,(H,21,22). The summed E-state index contributed by atoms with van der Waals surface area (Å²) in [5.41, 5.74) is 2.32. The van der Waals surface area contributed by atoms with E-state index in [0.717, 1.165) is 12.0 Å². The smallest absolute Gasteiger partial charge is 0.230 e. The van der Waals surface area contributed by atoms with Gasteiger partial charge in [-0.25, -0.2) is 0 Å². The fourth-order valence-corrected chi connectivity index (χ4v) is 3.55. The Balaban J connectivity index is 1.99. The fraction of sp³-hybridized carbons (Fsp3) is 0.316. The maximum atomic E-state index is 12.0. The van der Waals surface area contributed by atoms with Crippen LogP contribution in [0.5, 0.6) is 0 Å². The van der Waals surface area contributed by atoms with Gasteiger partial charge in [0.25, 0.3) is 0 Å². The highest BCUT2D eigenvalue weighted by Gasteiger charge is 2.16. The van der Waals surface area contributed by atoms with Gasteiger partial charge in [0.15, 0.2) is 0 Å². The quantitative estimate of drug-likeness (QED) is 0.674. The highest BCUT2D eigenvalue weighted by molar-refractivity contribution is 8.00. The average molecular weight is 364 g/mol. The third-order valence-electron chi connectivity index (χ3n) is 3.50. The van der Waals surface area contributed by atoms with E-state index in [1.807, 2.05) is 42.5 Å². The van der Waals surface area contributed by atoms with Gasteiger partial charge in [-0.05, 0) is 29.7 Å². The number of hydrogen-bond acceptors (Lipinski definition) is 3. The van der Waals surface area contributed by atoms with Crippen LogP contribution in [0, 0.1) is 0 Å². The van der Waals surface area contributed by atoms with E-state index < -0.39 is 0 Å². The minimum Gasteiger partial charge on any atom is -0.385 e. The molecule has 2 aromatic rings. The van der Waals surface area contributed by atoms with Gasteiger partial charge in [-0.1, -0.05) is 54.1 Å². The molecule has 2 aromatic carbocycles. The lowest BCUT2D eigenvalue weighted by Gasteiger charge is -2.17. The summed E-state index contributed by atoms with van der Waals surface area (Å²) >= 11 is 7.61. The molecule has 1 amide bonds. The second-order valence-corrected chi connectivity index (χ2v) is 6.88. The average Bonchev–Trinajstić information content (AvgIpc) is 2.61. The first-order valence-corrected chi connectivity index (χ1v) is 9.31. The Morgan fingerprint density at radius 2 is 1.79 bits per heavy atom. The van der Waals surface area contributed by atoms with E-state index in [2.05, 4.69) is 17.4 Å². The summed E-state index contributed by atoms with van der Waals surface area (Å²) in [4.78, 5) is 12.0. The van der Waals surface area contributed by atoms with Crippen molar-refractivity contribution >= 4 is 29.3 Å². The molecular weight excluding hydrogens is 342 g/mol. The van der Waals surface area contributed by atoms with Gasteiger partial charge in [-0.15, -0.1) is 11.8 Å². The SMILES string of the molecule is COCCCNC(=O)CSC(c1ccccc1)c1ccc(Cl)cc1. The van der Waals surface area contributed by atoms with E-state index >= 15 is 0 Å². The second kappa shape index (κ2) is 10.4. The van der Waals surface area contributed by atoms with Crippen molar-refractivity contribution in [3.8, 4) is 0 Å². The molecule has 2 rings (SSSR count). The molecule has 0 aliphatic heterocycles. The summed E-state index contributed by atoms with van der Waals surface area (Å²) in [5, 5.41) is 3.74. The number of methoxy groups -OCH3 is 1. The van der Waals surface area contributed by atoms with Crippen molar-refractivity contribution in [1.29, 1.82) is 0 Å². The Bertz CT molecular complexity index is 619. The maximum Gasteiger partial charge on any atom is 0.230 e. The van der Waals surface area contributed by atoms with Crippen LogP contribution in [0.3, 0.4) is 0 Å². The van der Waals surface area contributed by atoms with Crippen LogP contribution in [0.25, 0.3) is 0 Å². The van der Waals surface area contributed by atoms with Crippen LogP contribution >= 0.6 is 23.4 Å². The van der Waals surface area contributed by atoms with E-state index in [9.17, 15) is 4.79 Å². The molecule has 0 bridgehead atoms. The zero-order valence-electron chi connectivity index (χ0n) is 13.7. The van der Waals surface area contributed by atoms with E-state index in [0.29, 0.717) is 23.9 Å². The van der Waals surface area contributed by atoms with E-state index in [-0.39, 0.29) is 11.2 Å². The molecule has 0 aliphatic rings. The molecule has 1 N–H and O–H groups in total. The van der Waals surface area contributed by atoms with Crippen LogP contribution < -0.4 is 5.32 Å². The van der Waals surface area contributed by atoms with Crippen LogP contribution in [0.2, 0.25) is 5.02 Å². The molecule has 1 unspecified atom stereocenters. The third kappa shape index (κ3) is 6.19. The number of ether oxygens (including phenoxy) is 1. The lowest BCUT2D eigenvalue weighted by Crippen LogP contribution is -2.27. The summed E-state index contributed by atoms with van der Waals surface area (Å²) in [6, 6.07) is 18.0. The van der Waals surface area contributed by atoms with Gasteiger partial charge in [0.2, 0.25) is 5.91 Å². The molecule has 128 valence electrons. The van der Waals surface area contributed by atoms with Gasteiger partial charge in [-0.2, -0.15) is 0 Å². The number of carbonyl (C=O) groups excluding carboxylic acids is 1. The third-order valence-corrected chi connectivity index (χ3v) is 5.06. The Morgan fingerprint density at radius 1 is 1.12 bits per heavy atom. The zero-order chi connectivity index (χ0) is 17.2. The second-order valence-electron chi connectivity index (χ2n) is 5.35. The number of rotatable bonds is 9. The molecule has 3 nitrogen and oxygen atoms in total. The van der Waals surface area contributed by atoms with Crippen molar-refractivity contribution in [2.24, 2.45) is 0 Å². The Hall–Kier alpha value is -1.49. The normalized spacial score (nSPS) is 11.9. The van der Waals surface area contributed by atoms with Crippen LogP contribution in [0.15, 0.2) is 54.6 Å². The summed E-state index contributed by atoms with van der Waals surface area (Å²) in [6.07, 6.45) is 0.826. The van der Waals surface area contributed by atoms with Crippen LogP contribution in [-0.4, -0.2) is 31.9 Å². The number of carbonyl (C=O) groups is 1. The predicted molar refractivity (Wildman–Crippen MR) is 102 cm³/mol. The molecule has 0 fully saturated rings. The van der Waals surface area contributed by atoms with Gasteiger partial charge in [0.1, 0.15) is 0 Å². The Morgan fingerprint density at radius 3 is 2.46 bits per heavy atom. The summed E-state index contributed by atoms with van der Waals surface area (Å²) in [6.45, 7) is 1.30. The first kappa shape index (κ1) is 18.8. The molecule has 5 heteroatoms. The first-order valence-electron chi connectivity index (χ1n) is 7.88. The van der Waals surface area contributed by atoms with Crippen LogP contribution in [0.1, 0.15) is 22.8 Å². The fourth-order valence-electron chi connectivity index (χ4n) is 2.30. The minimum absolute atomic E-state index is 0.0472. The van der Waals surface area contributed by atoms with E-state index in [4.69, 9.17) is 16.3 Å².